The van der Waals surface area contributed by atoms with Crippen molar-refractivity contribution in [2.45, 2.75) is 25.4 Å². The average molecular weight is 204 g/mol. The third kappa shape index (κ3) is 2.39. The van der Waals surface area contributed by atoms with Crippen LogP contribution in [-0.4, -0.2) is 18.3 Å². The minimum atomic E-state index is -0.240. The van der Waals surface area contributed by atoms with Gasteiger partial charge in [0.1, 0.15) is 5.75 Å². The van der Waals surface area contributed by atoms with Crippen LogP contribution in [0.5, 0.6) is 5.75 Å². The molecule has 0 bridgehead atoms. The Morgan fingerprint density at radius 1 is 1.47 bits per heavy atom. The number of rotatable bonds is 2. The highest BCUT2D eigenvalue weighted by Crippen LogP contribution is 2.27. The average Bonchev–Trinajstić information content (AvgIpc) is 2.65. The highest BCUT2D eigenvalue weighted by Gasteiger charge is 2.17. The van der Waals surface area contributed by atoms with E-state index in [2.05, 4.69) is 6.08 Å². The quantitative estimate of drug-likeness (QED) is 0.802. The van der Waals surface area contributed by atoms with Crippen LogP contribution in [0.4, 0.5) is 0 Å². The molecule has 1 unspecified atom stereocenters. The molecule has 1 aromatic rings. The van der Waals surface area contributed by atoms with E-state index in [1.807, 2.05) is 24.3 Å². The van der Waals surface area contributed by atoms with E-state index in [4.69, 9.17) is 4.74 Å². The van der Waals surface area contributed by atoms with Crippen molar-refractivity contribution in [2.75, 3.05) is 7.11 Å². The molecule has 0 amide bonds. The van der Waals surface area contributed by atoms with Gasteiger partial charge >= 0.3 is 0 Å². The van der Waals surface area contributed by atoms with Crippen molar-refractivity contribution in [1.29, 1.82) is 0 Å². The van der Waals surface area contributed by atoms with Crippen LogP contribution in [0.1, 0.15) is 24.8 Å². The van der Waals surface area contributed by atoms with Crippen LogP contribution in [0.25, 0.3) is 6.08 Å². The summed E-state index contributed by atoms with van der Waals surface area (Å²) in [6, 6.07) is 7.90. The van der Waals surface area contributed by atoms with E-state index < -0.39 is 0 Å². The lowest BCUT2D eigenvalue weighted by atomic mass is 10.1. The van der Waals surface area contributed by atoms with Crippen LogP contribution in [0, 0.1) is 0 Å². The number of ether oxygens (including phenoxy) is 1. The normalized spacial score (nSPS) is 23.3. The molecule has 1 atom stereocenters. The first-order valence-corrected chi connectivity index (χ1v) is 5.32. The SMILES string of the molecule is COc1cccc(C=C2CCCC2O)c1. The fourth-order valence-corrected chi connectivity index (χ4v) is 1.97. The van der Waals surface area contributed by atoms with E-state index >= 15 is 0 Å². The molecule has 2 heteroatoms. The number of methoxy groups -OCH3 is 1. The Hall–Kier alpha value is -1.28. The minimum Gasteiger partial charge on any atom is -0.497 e. The van der Waals surface area contributed by atoms with Crippen molar-refractivity contribution in [3.63, 3.8) is 0 Å². The van der Waals surface area contributed by atoms with Crippen molar-refractivity contribution in [3.05, 3.63) is 35.4 Å². The maximum Gasteiger partial charge on any atom is 0.119 e. The van der Waals surface area contributed by atoms with Crippen molar-refractivity contribution in [2.24, 2.45) is 0 Å². The van der Waals surface area contributed by atoms with Crippen LogP contribution < -0.4 is 4.74 Å². The van der Waals surface area contributed by atoms with Gasteiger partial charge in [0.2, 0.25) is 0 Å². The van der Waals surface area contributed by atoms with E-state index in [-0.39, 0.29) is 6.10 Å². The highest BCUT2D eigenvalue weighted by molar-refractivity contribution is 5.56. The topological polar surface area (TPSA) is 29.5 Å². The summed E-state index contributed by atoms with van der Waals surface area (Å²) in [5.74, 6) is 0.858. The molecule has 1 aliphatic rings. The van der Waals surface area contributed by atoms with E-state index in [0.717, 1.165) is 36.1 Å². The van der Waals surface area contributed by atoms with Gasteiger partial charge in [0.15, 0.2) is 0 Å². The molecule has 2 nitrogen and oxygen atoms in total. The number of hydrogen-bond donors (Lipinski definition) is 1. The number of aliphatic hydroxyl groups excluding tert-OH is 1. The monoisotopic (exact) mass is 204 g/mol. The molecule has 1 saturated carbocycles. The minimum absolute atomic E-state index is 0.240. The molecule has 0 aliphatic heterocycles. The fourth-order valence-electron chi connectivity index (χ4n) is 1.97. The van der Waals surface area contributed by atoms with Gasteiger partial charge in [-0.05, 0) is 42.5 Å². The van der Waals surface area contributed by atoms with Gasteiger partial charge in [-0.15, -0.1) is 0 Å². The van der Waals surface area contributed by atoms with Gasteiger partial charge in [0.05, 0.1) is 13.2 Å². The lowest BCUT2D eigenvalue weighted by molar-refractivity contribution is 0.219. The maximum absolute atomic E-state index is 9.68. The Morgan fingerprint density at radius 3 is 3.00 bits per heavy atom. The Labute approximate surface area is 90.2 Å². The Balaban J connectivity index is 2.22. The van der Waals surface area contributed by atoms with Crippen LogP contribution in [-0.2, 0) is 0 Å². The summed E-state index contributed by atoms with van der Waals surface area (Å²) in [7, 11) is 1.66. The van der Waals surface area contributed by atoms with Crippen LogP contribution in [0.2, 0.25) is 0 Å². The third-order valence-corrected chi connectivity index (χ3v) is 2.82. The van der Waals surface area contributed by atoms with E-state index in [0.29, 0.717) is 0 Å². The molecular weight excluding hydrogens is 188 g/mol. The summed E-state index contributed by atoms with van der Waals surface area (Å²) in [5, 5.41) is 9.68. The van der Waals surface area contributed by atoms with Gasteiger partial charge in [-0.25, -0.2) is 0 Å². The van der Waals surface area contributed by atoms with Crippen molar-refractivity contribution < 1.29 is 9.84 Å². The second-order valence-corrected chi connectivity index (χ2v) is 3.90. The summed E-state index contributed by atoms with van der Waals surface area (Å²) in [6.45, 7) is 0. The molecule has 0 heterocycles. The molecule has 0 aromatic heterocycles. The standard InChI is InChI=1S/C13H16O2/c1-15-12-6-2-4-10(9-12)8-11-5-3-7-13(11)14/h2,4,6,8-9,13-14H,3,5,7H2,1H3. The first kappa shape index (κ1) is 10.2. The molecule has 1 N–H and O–H groups in total. The number of aliphatic hydroxyl groups is 1. The molecular formula is C13H16O2. The van der Waals surface area contributed by atoms with Crippen molar-refractivity contribution >= 4 is 6.08 Å². The summed E-state index contributed by atoms with van der Waals surface area (Å²) in [6.07, 6.45) is 4.84. The molecule has 1 fully saturated rings. The summed E-state index contributed by atoms with van der Waals surface area (Å²) in [4.78, 5) is 0. The molecule has 0 radical (unpaired) electrons. The maximum atomic E-state index is 9.68. The second kappa shape index (κ2) is 4.49. The largest absolute Gasteiger partial charge is 0.497 e. The molecule has 2 rings (SSSR count). The van der Waals surface area contributed by atoms with Crippen molar-refractivity contribution in [1.82, 2.24) is 0 Å². The fraction of sp³-hybridized carbons (Fsp3) is 0.385. The molecule has 0 saturated heterocycles. The first-order chi connectivity index (χ1) is 7.29. The van der Waals surface area contributed by atoms with Gasteiger partial charge in [0, 0.05) is 0 Å². The summed E-state index contributed by atoms with van der Waals surface area (Å²) in [5.41, 5.74) is 2.24. The Morgan fingerprint density at radius 2 is 2.33 bits per heavy atom. The van der Waals surface area contributed by atoms with Gasteiger partial charge < -0.3 is 9.84 Å². The third-order valence-electron chi connectivity index (χ3n) is 2.82. The summed E-state index contributed by atoms with van der Waals surface area (Å²) >= 11 is 0. The van der Waals surface area contributed by atoms with E-state index in [9.17, 15) is 5.11 Å². The smallest absolute Gasteiger partial charge is 0.119 e. The predicted octanol–water partition coefficient (Wildman–Crippen LogP) is 2.62. The van der Waals surface area contributed by atoms with E-state index in [1.165, 1.54) is 0 Å². The van der Waals surface area contributed by atoms with E-state index in [1.54, 1.807) is 7.11 Å². The lowest BCUT2D eigenvalue weighted by Crippen LogP contribution is -2.00. The van der Waals surface area contributed by atoms with Crippen LogP contribution in [0.3, 0.4) is 0 Å². The first-order valence-electron chi connectivity index (χ1n) is 5.32. The number of hydrogen-bond acceptors (Lipinski definition) is 2. The number of benzene rings is 1. The lowest BCUT2D eigenvalue weighted by Gasteiger charge is -2.05. The highest BCUT2D eigenvalue weighted by atomic mass is 16.5. The zero-order valence-electron chi connectivity index (χ0n) is 8.94. The second-order valence-electron chi connectivity index (χ2n) is 3.90. The molecule has 1 aromatic carbocycles. The summed E-state index contributed by atoms with van der Waals surface area (Å²) < 4.78 is 5.15. The molecule has 15 heavy (non-hydrogen) atoms. The Bertz CT molecular complexity index is 369. The zero-order chi connectivity index (χ0) is 10.7. The van der Waals surface area contributed by atoms with Crippen LogP contribution in [0.15, 0.2) is 29.8 Å². The van der Waals surface area contributed by atoms with Gasteiger partial charge in [0.25, 0.3) is 0 Å². The zero-order valence-corrected chi connectivity index (χ0v) is 8.94. The van der Waals surface area contributed by atoms with Crippen molar-refractivity contribution in [3.8, 4) is 5.75 Å². The Kier molecular flexibility index (Phi) is 3.07. The van der Waals surface area contributed by atoms with Crippen LogP contribution >= 0.6 is 0 Å². The van der Waals surface area contributed by atoms with Gasteiger partial charge in [-0.1, -0.05) is 18.2 Å². The molecule has 80 valence electrons. The van der Waals surface area contributed by atoms with Gasteiger partial charge in [-0.3, -0.25) is 0 Å². The predicted molar refractivity (Wildman–Crippen MR) is 60.8 cm³/mol. The molecule has 0 spiro atoms. The molecule has 1 aliphatic carbocycles. The van der Waals surface area contributed by atoms with Gasteiger partial charge in [-0.2, -0.15) is 0 Å².